The van der Waals surface area contributed by atoms with Gasteiger partial charge in [-0.05, 0) is 44.3 Å². The van der Waals surface area contributed by atoms with Crippen LogP contribution in [0.5, 0.6) is 0 Å². The van der Waals surface area contributed by atoms with Gasteiger partial charge in [0.25, 0.3) is 5.91 Å². The van der Waals surface area contributed by atoms with E-state index in [9.17, 15) is 13.2 Å². The monoisotopic (exact) mass is 356 g/mol. The highest BCUT2D eigenvalue weighted by molar-refractivity contribution is 7.89. The normalized spacial score (nSPS) is 12.8. The molecular formula is C15H17ClN2O4S. The van der Waals surface area contributed by atoms with Gasteiger partial charge in [0, 0.05) is 12.5 Å². The zero-order chi connectivity index (χ0) is 17.0. The second kappa shape index (κ2) is 7.16. The molecule has 8 heteroatoms. The van der Waals surface area contributed by atoms with E-state index >= 15 is 0 Å². The number of nitrogens with one attached hydrogen (secondary N) is 2. The maximum absolute atomic E-state index is 12.3. The minimum absolute atomic E-state index is 0.0202. The molecule has 0 saturated heterocycles. The SMILES string of the molecule is CNS(=O)(=O)c1ccc(Cl)c(C(=O)NC(C)Cc2ccco2)c1. The Morgan fingerprint density at radius 3 is 2.70 bits per heavy atom. The maximum Gasteiger partial charge on any atom is 0.253 e. The number of halogens is 1. The van der Waals surface area contributed by atoms with Crippen LogP contribution in [0, 0.1) is 0 Å². The van der Waals surface area contributed by atoms with Crippen molar-refractivity contribution >= 4 is 27.5 Å². The number of hydrogen-bond donors (Lipinski definition) is 2. The first-order valence-electron chi connectivity index (χ1n) is 6.90. The summed E-state index contributed by atoms with van der Waals surface area (Å²) < 4.78 is 31.1. The van der Waals surface area contributed by atoms with Crippen LogP contribution in [0.25, 0.3) is 0 Å². The molecule has 2 N–H and O–H groups in total. The first-order valence-corrected chi connectivity index (χ1v) is 8.76. The van der Waals surface area contributed by atoms with E-state index in [0.29, 0.717) is 6.42 Å². The van der Waals surface area contributed by atoms with Gasteiger partial charge in [0.05, 0.1) is 21.7 Å². The molecule has 0 spiro atoms. The minimum Gasteiger partial charge on any atom is -0.469 e. The lowest BCUT2D eigenvalue weighted by molar-refractivity contribution is 0.0939. The first-order chi connectivity index (χ1) is 10.8. The molecule has 0 saturated carbocycles. The Bertz CT molecular complexity index is 788. The van der Waals surface area contributed by atoms with E-state index in [4.69, 9.17) is 16.0 Å². The number of carbonyl (C=O) groups excluding carboxylic acids is 1. The third-order valence-electron chi connectivity index (χ3n) is 3.23. The van der Waals surface area contributed by atoms with Gasteiger partial charge in [0.1, 0.15) is 5.76 Å². The molecule has 0 radical (unpaired) electrons. The highest BCUT2D eigenvalue weighted by Crippen LogP contribution is 2.20. The van der Waals surface area contributed by atoms with Gasteiger partial charge in [0.2, 0.25) is 10.0 Å². The second-order valence-electron chi connectivity index (χ2n) is 5.01. The molecule has 0 fully saturated rings. The van der Waals surface area contributed by atoms with Crippen molar-refractivity contribution in [2.45, 2.75) is 24.3 Å². The number of benzene rings is 1. The van der Waals surface area contributed by atoms with Crippen LogP contribution in [-0.4, -0.2) is 27.4 Å². The number of rotatable bonds is 6. The van der Waals surface area contributed by atoms with Crippen molar-refractivity contribution in [3.8, 4) is 0 Å². The van der Waals surface area contributed by atoms with Crippen molar-refractivity contribution in [1.82, 2.24) is 10.0 Å². The summed E-state index contributed by atoms with van der Waals surface area (Å²) in [5.74, 6) is 0.303. The lowest BCUT2D eigenvalue weighted by atomic mass is 10.1. The Morgan fingerprint density at radius 2 is 2.09 bits per heavy atom. The Balaban J connectivity index is 2.17. The average molecular weight is 357 g/mol. The Hall–Kier alpha value is -1.83. The summed E-state index contributed by atoms with van der Waals surface area (Å²) in [7, 11) is -2.34. The third-order valence-corrected chi connectivity index (χ3v) is 4.97. The minimum atomic E-state index is -3.64. The molecule has 0 aliphatic rings. The molecule has 124 valence electrons. The van der Waals surface area contributed by atoms with Crippen molar-refractivity contribution in [3.63, 3.8) is 0 Å². The molecule has 0 bridgehead atoms. The Morgan fingerprint density at radius 1 is 1.35 bits per heavy atom. The molecule has 1 aromatic carbocycles. The molecule has 6 nitrogen and oxygen atoms in total. The van der Waals surface area contributed by atoms with E-state index in [1.54, 1.807) is 12.3 Å². The van der Waals surface area contributed by atoms with Crippen molar-refractivity contribution in [2.24, 2.45) is 0 Å². The number of sulfonamides is 1. The smallest absolute Gasteiger partial charge is 0.253 e. The van der Waals surface area contributed by atoms with E-state index in [1.165, 1.54) is 25.2 Å². The van der Waals surface area contributed by atoms with E-state index < -0.39 is 15.9 Å². The molecule has 0 aliphatic heterocycles. The fourth-order valence-corrected chi connectivity index (χ4v) is 3.01. The summed E-state index contributed by atoms with van der Waals surface area (Å²) in [5.41, 5.74) is 0.106. The molecule has 23 heavy (non-hydrogen) atoms. The lowest BCUT2D eigenvalue weighted by Gasteiger charge is -2.14. The predicted molar refractivity (Wildman–Crippen MR) is 87.0 cm³/mol. The highest BCUT2D eigenvalue weighted by atomic mass is 35.5. The van der Waals surface area contributed by atoms with E-state index in [-0.39, 0.29) is 21.5 Å². The Labute approximate surface area is 139 Å². The quantitative estimate of drug-likeness (QED) is 0.830. The van der Waals surface area contributed by atoms with E-state index in [0.717, 1.165) is 5.76 Å². The third kappa shape index (κ3) is 4.34. The van der Waals surface area contributed by atoms with Crippen LogP contribution in [0.15, 0.2) is 45.9 Å². The number of hydrogen-bond acceptors (Lipinski definition) is 4. The number of amides is 1. The number of furan rings is 1. The van der Waals surface area contributed by atoms with Gasteiger partial charge >= 0.3 is 0 Å². The molecular weight excluding hydrogens is 340 g/mol. The molecule has 2 aromatic rings. The molecule has 1 unspecified atom stereocenters. The lowest BCUT2D eigenvalue weighted by Crippen LogP contribution is -2.34. The summed E-state index contributed by atoms with van der Waals surface area (Å²) >= 11 is 6.02. The van der Waals surface area contributed by atoms with Crippen LogP contribution in [0.4, 0.5) is 0 Å². The molecule has 1 aromatic heterocycles. The second-order valence-corrected chi connectivity index (χ2v) is 7.30. The Kier molecular flexibility index (Phi) is 5.46. The van der Waals surface area contributed by atoms with Gasteiger partial charge in [-0.15, -0.1) is 0 Å². The summed E-state index contributed by atoms with van der Waals surface area (Å²) in [4.78, 5) is 12.3. The standard InChI is InChI=1S/C15H17ClN2O4S/c1-10(8-11-4-3-7-22-11)18-15(19)13-9-12(5-6-14(13)16)23(20,21)17-2/h3-7,9-10,17H,8H2,1-2H3,(H,18,19). The van der Waals surface area contributed by atoms with Crippen LogP contribution in [-0.2, 0) is 16.4 Å². The first kappa shape index (κ1) is 17.5. The fourth-order valence-electron chi connectivity index (χ4n) is 2.05. The van der Waals surface area contributed by atoms with Gasteiger partial charge in [-0.3, -0.25) is 4.79 Å². The molecule has 1 heterocycles. The van der Waals surface area contributed by atoms with Crippen LogP contribution in [0.3, 0.4) is 0 Å². The highest BCUT2D eigenvalue weighted by Gasteiger charge is 2.19. The molecule has 1 atom stereocenters. The van der Waals surface area contributed by atoms with Crippen LogP contribution in [0.2, 0.25) is 5.02 Å². The van der Waals surface area contributed by atoms with Crippen LogP contribution in [0.1, 0.15) is 23.0 Å². The summed E-state index contributed by atoms with van der Waals surface area (Å²) in [6.45, 7) is 1.82. The van der Waals surface area contributed by atoms with Gasteiger partial charge in [-0.1, -0.05) is 11.6 Å². The molecule has 0 aliphatic carbocycles. The van der Waals surface area contributed by atoms with Gasteiger partial charge in [-0.2, -0.15) is 0 Å². The van der Waals surface area contributed by atoms with Crippen molar-refractivity contribution in [3.05, 3.63) is 52.9 Å². The largest absolute Gasteiger partial charge is 0.469 e. The average Bonchev–Trinajstić information content (AvgIpc) is 3.00. The van der Waals surface area contributed by atoms with E-state index in [1.807, 2.05) is 13.0 Å². The summed E-state index contributed by atoms with van der Waals surface area (Å²) in [6, 6.07) is 7.37. The van der Waals surface area contributed by atoms with Crippen molar-refractivity contribution < 1.29 is 17.6 Å². The predicted octanol–water partition coefficient (Wildman–Crippen LogP) is 2.20. The molecule has 1 amide bonds. The maximum atomic E-state index is 12.3. The van der Waals surface area contributed by atoms with Crippen LogP contribution < -0.4 is 10.0 Å². The number of carbonyl (C=O) groups is 1. The van der Waals surface area contributed by atoms with Gasteiger partial charge in [-0.25, -0.2) is 13.1 Å². The van der Waals surface area contributed by atoms with Crippen molar-refractivity contribution in [2.75, 3.05) is 7.05 Å². The topological polar surface area (TPSA) is 88.4 Å². The summed E-state index contributed by atoms with van der Waals surface area (Å²) in [6.07, 6.45) is 2.08. The van der Waals surface area contributed by atoms with Gasteiger partial charge < -0.3 is 9.73 Å². The zero-order valence-corrected chi connectivity index (χ0v) is 14.2. The van der Waals surface area contributed by atoms with E-state index in [2.05, 4.69) is 10.0 Å². The van der Waals surface area contributed by atoms with Crippen molar-refractivity contribution in [1.29, 1.82) is 0 Å². The van der Waals surface area contributed by atoms with Crippen LogP contribution >= 0.6 is 11.6 Å². The van der Waals surface area contributed by atoms with Gasteiger partial charge in [0.15, 0.2) is 0 Å². The fraction of sp³-hybridized carbons (Fsp3) is 0.267. The summed E-state index contributed by atoms with van der Waals surface area (Å²) in [5, 5.41) is 2.96. The molecule has 2 rings (SSSR count). The zero-order valence-electron chi connectivity index (χ0n) is 12.7.